The number of nitrogens with two attached hydrogens (primary N) is 2. The Kier molecular flexibility index (Phi) is 4.74. The maximum atomic E-state index is 11.5. The lowest BCUT2D eigenvalue weighted by molar-refractivity contribution is -0.124. The van der Waals surface area contributed by atoms with Crippen LogP contribution in [0.25, 0.3) is 0 Å². The van der Waals surface area contributed by atoms with Gasteiger partial charge in [0.05, 0.1) is 0 Å². The summed E-state index contributed by atoms with van der Waals surface area (Å²) in [4.78, 5) is 13.7. The minimum absolute atomic E-state index is 0.306. The average Bonchev–Trinajstić information content (AvgIpc) is 3.07. The Morgan fingerprint density at radius 3 is 2.44 bits per heavy atom. The van der Waals surface area contributed by atoms with Crippen molar-refractivity contribution in [2.45, 2.75) is 45.1 Å². The van der Waals surface area contributed by atoms with E-state index in [1.54, 1.807) is 0 Å². The Labute approximate surface area is 98.3 Å². The molecular weight excluding hydrogens is 202 g/mol. The predicted molar refractivity (Wildman–Crippen MR) is 65.9 cm³/mol. The van der Waals surface area contributed by atoms with Crippen molar-refractivity contribution in [3.8, 4) is 0 Å². The molecule has 0 aliphatic heterocycles. The molecule has 1 amide bonds. The van der Waals surface area contributed by atoms with Crippen LogP contribution in [0.5, 0.6) is 0 Å². The molecule has 1 aliphatic rings. The molecule has 1 atom stereocenters. The standard InChI is InChI=1S/C12H25N3O/c1-3-5-8-15(4-2)9-12(14,11(13)16)10-6-7-10/h10H,3-9,14H2,1-2H3,(H2,13,16). The molecule has 0 aromatic heterocycles. The SMILES string of the molecule is CCCCN(CC)CC(N)(C(N)=O)C1CC1. The van der Waals surface area contributed by atoms with Crippen LogP contribution in [-0.2, 0) is 4.79 Å². The van der Waals surface area contributed by atoms with Gasteiger partial charge >= 0.3 is 0 Å². The van der Waals surface area contributed by atoms with E-state index in [2.05, 4.69) is 18.7 Å². The molecule has 94 valence electrons. The zero-order valence-electron chi connectivity index (χ0n) is 10.5. The summed E-state index contributed by atoms with van der Waals surface area (Å²) in [6, 6.07) is 0. The lowest BCUT2D eigenvalue weighted by atomic mass is 9.92. The number of hydrogen-bond acceptors (Lipinski definition) is 3. The highest BCUT2D eigenvalue weighted by atomic mass is 16.1. The van der Waals surface area contributed by atoms with Gasteiger partial charge < -0.3 is 16.4 Å². The summed E-state index contributed by atoms with van der Waals surface area (Å²) in [6.45, 7) is 6.82. The van der Waals surface area contributed by atoms with Gasteiger partial charge in [0.1, 0.15) is 5.54 Å². The molecule has 1 unspecified atom stereocenters. The first kappa shape index (κ1) is 13.5. The fourth-order valence-corrected chi connectivity index (χ4v) is 2.11. The average molecular weight is 227 g/mol. The Morgan fingerprint density at radius 1 is 1.44 bits per heavy atom. The number of carbonyl (C=O) groups is 1. The molecule has 1 saturated carbocycles. The van der Waals surface area contributed by atoms with Crippen LogP contribution in [0.3, 0.4) is 0 Å². The van der Waals surface area contributed by atoms with Gasteiger partial charge in [0.2, 0.25) is 5.91 Å². The molecule has 16 heavy (non-hydrogen) atoms. The molecular formula is C12H25N3O. The van der Waals surface area contributed by atoms with Crippen LogP contribution in [0.4, 0.5) is 0 Å². The highest BCUT2D eigenvalue weighted by Crippen LogP contribution is 2.38. The Morgan fingerprint density at radius 2 is 2.06 bits per heavy atom. The minimum atomic E-state index is -0.802. The Bertz CT molecular complexity index is 240. The topological polar surface area (TPSA) is 72.3 Å². The van der Waals surface area contributed by atoms with E-state index in [-0.39, 0.29) is 5.91 Å². The molecule has 0 saturated heterocycles. The summed E-state index contributed by atoms with van der Waals surface area (Å²) >= 11 is 0. The number of likely N-dealkylation sites (N-methyl/N-ethyl adjacent to an activating group) is 1. The smallest absolute Gasteiger partial charge is 0.239 e. The summed E-state index contributed by atoms with van der Waals surface area (Å²) in [5, 5.41) is 0. The van der Waals surface area contributed by atoms with Crippen LogP contribution in [0, 0.1) is 5.92 Å². The summed E-state index contributed by atoms with van der Waals surface area (Å²) in [6.07, 6.45) is 4.40. The number of hydrogen-bond donors (Lipinski definition) is 2. The largest absolute Gasteiger partial charge is 0.368 e. The van der Waals surface area contributed by atoms with Crippen LogP contribution in [0.15, 0.2) is 0 Å². The van der Waals surface area contributed by atoms with E-state index in [4.69, 9.17) is 11.5 Å². The summed E-state index contributed by atoms with van der Waals surface area (Å²) < 4.78 is 0. The maximum absolute atomic E-state index is 11.5. The van der Waals surface area contributed by atoms with Gasteiger partial charge in [-0.15, -0.1) is 0 Å². The number of amides is 1. The van der Waals surface area contributed by atoms with Crippen molar-refractivity contribution in [2.75, 3.05) is 19.6 Å². The fourth-order valence-electron chi connectivity index (χ4n) is 2.11. The normalized spacial score (nSPS) is 19.8. The Hall–Kier alpha value is -0.610. The second-order valence-corrected chi connectivity index (χ2v) is 4.90. The minimum Gasteiger partial charge on any atom is -0.368 e. The Balaban J connectivity index is 2.55. The van der Waals surface area contributed by atoms with Gasteiger partial charge in [-0.1, -0.05) is 20.3 Å². The number of primary amides is 1. The molecule has 0 heterocycles. The van der Waals surface area contributed by atoms with Crippen LogP contribution in [-0.4, -0.2) is 36.0 Å². The van der Waals surface area contributed by atoms with Gasteiger partial charge in [-0.2, -0.15) is 0 Å². The zero-order chi connectivity index (χ0) is 12.2. The van der Waals surface area contributed by atoms with Crippen molar-refractivity contribution in [1.29, 1.82) is 0 Å². The molecule has 0 bridgehead atoms. The van der Waals surface area contributed by atoms with E-state index in [0.717, 1.165) is 38.8 Å². The van der Waals surface area contributed by atoms with E-state index in [0.29, 0.717) is 12.5 Å². The quantitative estimate of drug-likeness (QED) is 0.641. The van der Waals surface area contributed by atoms with Crippen molar-refractivity contribution in [1.82, 2.24) is 4.90 Å². The van der Waals surface area contributed by atoms with Crippen LogP contribution in [0.2, 0.25) is 0 Å². The fraction of sp³-hybridized carbons (Fsp3) is 0.917. The first-order valence-corrected chi connectivity index (χ1v) is 6.35. The summed E-state index contributed by atoms with van der Waals surface area (Å²) in [7, 11) is 0. The van der Waals surface area contributed by atoms with Crippen molar-refractivity contribution in [2.24, 2.45) is 17.4 Å². The van der Waals surface area contributed by atoms with Crippen LogP contribution < -0.4 is 11.5 Å². The van der Waals surface area contributed by atoms with E-state index in [1.807, 2.05) is 0 Å². The second kappa shape index (κ2) is 5.64. The summed E-state index contributed by atoms with van der Waals surface area (Å²) in [5.41, 5.74) is 10.8. The highest BCUT2D eigenvalue weighted by Gasteiger charge is 2.47. The van der Waals surface area contributed by atoms with Gasteiger partial charge in [-0.05, 0) is 38.3 Å². The highest BCUT2D eigenvalue weighted by molar-refractivity contribution is 5.85. The molecule has 0 aromatic carbocycles. The predicted octanol–water partition coefficient (Wildman–Crippen LogP) is 0.701. The molecule has 4 N–H and O–H groups in total. The molecule has 0 spiro atoms. The van der Waals surface area contributed by atoms with E-state index in [1.165, 1.54) is 0 Å². The third-order valence-corrected chi connectivity index (χ3v) is 3.52. The number of unbranched alkanes of at least 4 members (excludes halogenated alkanes) is 1. The molecule has 0 radical (unpaired) electrons. The van der Waals surface area contributed by atoms with Gasteiger partial charge in [-0.3, -0.25) is 4.79 Å². The molecule has 1 aliphatic carbocycles. The first-order valence-electron chi connectivity index (χ1n) is 6.35. The first-order chi connectivity index (χ1) is 7.54. The van der Waals surface area contributed by atoms with Gasteiger partial charge in [0, 0.05) is 6.54 Å². The molecule has 1 rings (SSSR count). The summed E-state index contributed by atoms with van der Waals surface area (Å²) in [5.74, 6) is -0.0365. The van der Waals surface area contributed by atoms with Crippen molar-refractivity contribution in [3.05, 3.63) is 0 Å². The van der Waals surface area contributed by atoms with E-state index >= 15 is 0 Å². The number of carbonyl (C=O) groups excluding carboxylic acids is 1. The molecule has 0 aromatic rings. The maximum Gasteiger partial charge on any atom is 0.239 e. The number of nitrogens with zero attached hydrogens (tertiary/aromatic N) is 1. The van der Waals surface area contributed by atoms with Gasteiger partial charge in [-0.25, -0.2) is 0 Å². The second-order valence-electron chi connectivity index (χ2n) is 4.90. The third-order valence-electron chi connectivity index (χ3n) is 3.52. The van der Waals surface area contributed by atoms with E-state index in [9.17, 15) is 4.79 Å². The lowest BCUT2D eigenvalue weighted by Gasteiger charge is -2.32. The lowest BCUT2D eigenvalue weighted by Crippen LogP contribution is -2.60. The van der Waals surface area contributed by atoms with Crippen molar-refractivity contribution >= 4 is 5.91 Å². The molecule has 1 fully saturated rings. The monoisotopic (exact) mass is 227 g/mol. The van der Waals surface area contributed by atoms with Crippen LogP contribution >= 0.6 is 0 Å². The zero-order valence-corrected chi connectivity index (χ0v) is 10.5. The number of rotatable bonds is 8. The third kappa shape index (κ3) is 3.19. The molecule has 4 nitrogen and oxygen atoms in total. The van der Waals surface area contributed by atoms with Crippen molar-refractivity contribution < 1.29 is 4.79 Å². The van der Waals surface area contributed by atoms with Gasteiger partial charge in [0.15, 0.2) is 0 Å². The van der Waals surface area contributed by atoms with E-state index < -0.39 is 5.54 Å². The van der Waals surface area contributed by atoms with Gasteiger partial charge in [0.25, 0.3) is 0 Å². The van der Waals surface area contributed by atoms with Crippen molar-refractivity contribution in [3.63, 3.8) is 0 Å². The van der Waals surface area contributed by atoms with Crippen LogP contribution in [0.1, 0.15) is 39.5 Å². The molecule has 4 heteroatoms.